The van der Waals surface area contributed by atoms with Crippen LogP contribution in [0.4, 0.5) is 11.8 Å². The molecule has 0 aliphatic carbocycles. The lowest BCUT2D eigenvalue weighted by molar-refractivity contribution is 0.293. The quantitative estimate of drug-likeness (QED) is 0.760. The molecule has 0 aliphatic rings. The minimum Gasteiger partial charge on any atom is -0.504 e. The van der Waals surface area contributed by atoms with Gasteiger partial charge in [0.15, 0.2) is 11.5 Å². The number of phenolic OH excluding ortho intramolecular Hbond substituents is 1. The van der Waals surface area contributed by atoms with Crippen LogP contribution in [-0.4, -0.2) is 28.8 Å². The highest BCUT2D eigenvalue weighted by Gasteiger charge is 2.13. The molecule has 112 valence electrons. The zero-order chi connectivity index (χ0) is 15.4. The fraction of sp³-hybridized carbons (Fsp3) is 0.286. The van der Waals surface area contributed by atoms with Gasteiger partial charge in [0.25, 0.3) is 0 Å². The number of anilines is 2. The lowest BCUT2D eigenvalue weighted by Gasteiger charge is -2.13. The standard InChI is InChI=1S/C14H18N4O3/c1-3-21-12-10(19)5-8(6-11(12)20-2)4-9-7-17-14(16)18-13(9)15/h5-7,19H,3-4H2,1-2H3,(H4,15,16,17,18). The van der Waals surface area contributed by atoms with Gasteiger partial charge in [-0.25, -0.2) is 4.98 Å². The average Bonchev–Trinajstić information content (AvgIpc) is 2.44. The molecule has 0 fully saturated rings. The van der Waals surface area contributed by atoms with Crippen molar-refractivity contribution in [3.8, 4) is 17.2 Å². The molecule has 2 rings (SSSR count). The van der Waals surface area contributed by atoms with E-state index < -0.39 is 0 Å². The van der Waals surface area contributed by atoms with E-state index in [4.69, 9.17) is 20.9 Å². The highest BCUT2D eigenvalue weighted by atomic mass is 16.5. The molecule has 0 bridgehead atoms. The third-order valence-corrected chi connectivity index (χ3v) is 2.91. The number of aromatic nitrogens is 2. The second kappa shape index (κ2) is 6.17. The summed E-state index contributed by atoms with van der Waals surface area (Å²) in [5, 5.41) is 10.0. The first-order valence-corrected chi connectivity index (χ1v) is 6.44. The fourth-order valence-corrected chi connectivity index (χ4v) is 1.98. The van der Waals surface area contributed by atoms with Gasteiger partial charge in [-0.05, 0) is 24.6 Å². The molecule has 7 nitrogen and oxygen atoms in total. The molecular weight excluding hydrogens is 272 g/mol. The van der Waals surface area contributed by atoms with Crippen molar-refractivity contribution in [2.75, 3.05) is 25.2 Å². The van der Waals surface area contributed by atoms with Gasteiger partial charge < -0.3 is 26.0 Å². The van der Waals surface area contributed by atoms with E-state index >= 15 is 0 Å². The van der Waals surface area contributed by atoms with E-state index in [-0.39, 0.29) is 11.7 Å². The molecule has 2 aromatic rings. The van der Waals surface area contributed by atoms with E-state index in [1.807, 2.05) is 6.92 Å². The number of rotatable bonds is 5. The number of ether oxygens (including phenoxy) is 2. The Morgan fingerprint density at radius 2 is 2.05 bits per heavy atom. The van der Waals surface area contributed by atoms with Crippen molar-refractivity contribution in [3.63, 3.8) is 0 Å². The fourth-order valence-electron chi connectivity index (χ4n) is 1.98. The maximum absolute atomic E-state index is 10.0. The molecule has 0 radical (unpaired) electrons. The van der Waals surface area contributed by atoms with Gasteiger partial charge in [0.2, 0.25) is 11.7 Å². The Labute approximate surface area is 122 Å². The number of nitrogens with two attached hydrogens (primary N) is 2. The van der Waals surface area contributed by atoms with Gasteiger partial charge in [-0.2, -0.15) is 4.98 Å². The number of benzene rings is 1. The summed E-state index contributed by atoms with van der Waals surface area (Å²) in [6, 6.07) is 3.38. The molecule has 0 saturated heterocycles. The van der Waals surface area contributed by atoms with Crippen LogP contribution in [0.25, 0.3) is 0 Å². The van der Waals surface area contributed by atoms with E-state index in [1.165, 1.54) is 7.11 Å². The van der Waals surface area contributed by atoms with Gasteiger partial charge >= 0.3 is 0 Å². The van der Waals surface area contributed by atoms with Crippen LogP contribution in [0.3, 0.4) is 0 Å². The number of methoxy groups -OCH3 is 1. The van der Waals surface area contributed by atoms with Crippen molar-refractivity contribution in [1.29, 1.82) is 0 Å². The SMILES string of the molecule is CCOc1c(O)cc(Cc2cnc(N)nc2N)cc1OC. The molecule has 21 heavy (non-hydrogen) atoms. The van der Waals surface area contributed by atoms with E-state index in [1.54, 1.807) is 18.3 Å². The Hall–Kier alpha value is -2.70. The molecule has 1 aromatic carbocycles. The second-order valence-corrected chi connectivity index (χ2v) is 4.39. The highest BCUT2D eigenvalue weighted by molar-refractivity contribution is 5.54. The van der Waals surface area contributed by atoms with Crippen LogP contribution in [0.15, 0.2) is 18.3 Å². The zero-order valence-corrected chi connectivity index (χ0v) is 12.0. The van der Waals surface area contributed by atoms with E-state index in [0.29, 0.717) is 30.3 Å². The van der Waals surface area contributed by atoms with Gasteiger partial charge in [0, 0.05) is 18.2 Å². The van der Waals surface area contributed by atoms with Crippen LogP contribution in [-0.2, 0) is 6.42 Å². The van der Waals surface area contributed by atoms with E-state index in [0.717, 1.165) is 11.1 Å². The van der Waals surface area contributed by atoms with E-state index in [9.17, 15) is 5.11 Å². The average molecular weight is 290 g/mol. The minimum absolute atomic E-state index is 0.0149. The zero-order valence-electron chi connectivity index (χ0n) is 12.0. The Morgan fingerprint density at radius 3 is 2.67 bits per heavy atom. The number of hydrogen-bond donors (Lipinski definition) is 3. The Balaban J connectivity index is 2.34. The lowest BCUT2D eigenvalue weighted by Crippen LogP contribution is -2.04. The van der Waals surface area contributed by atoms with Crippen molar-refractivity contribution in [3.05, 3.63) is 29.5 Å². The minimum atomic E-state index is 0.0149. The first-order valence-electron chi connectivity index (χ1n) is 6.44. The summed E-state index contributed by atoms with van der Waals surface area (Å²) < 4.78 is 10.6. The largest absolute Gasteiger partial charge is 0.504 e. The number of nitrogen functional groups attached to an aromatic ring is 2. The van der Waals surface area contributed by atoms with Crippen LogP contribution in [0.5, 0.6) is 17.2 Å². The van der Waals surface area contributed by atoms with Crippen molar-refractivity contribution in [1.82, 2.24) is 9.97 Å². The lowest BCUT2D eigenvalue weighted by atomic mass is 10.1. The summed E-state index contributed by atoms with van der Waals surface area (Å²) in [5.41, 5.74) is 12.8. The molecule has 1 heterocycles. The summed E-state index contributed by atoms with van der Waals surface area (Å²) in [4.78, 5) is 7.82. The second-order valence-electron chi connectivity index (χ2n) is 4.39. The van der Waals surface area contributed by atoms with Crippen LogP contribution in [0, 0.1) is 0 Å². The molecule has 0 spiro atoms. The summed E-state index contributed by atoms with van der Waals surface area (Å²) in [5.74, 6) is 1.24. The van der Waals surface area contributed by atoms with Crippen LogP contribution < -0.4 is 20.9 Å². The monoisotopic (exact) mass is 290 g/mol. The summed E-state index contributed by atoms with van der Waals surface area (Å²) in [6.07, 6.45) is 2.01. The smallest absolute Gasteiger partial charge is 0.221 e. The molecule has 0 saturated carbocycles. The summed E-state index contributed by atoms with van der Waals surface area (Å²) in [6.45, 7) is 2.27. The molecule has 0 atom stereocenters. The summed E-state index contributed by atoms with van der Waals surface area (Å²) >= 11 is 0. The molecule has 0 unspecified atom stereocenters. The Kier molecular flexibility index (Phi) is 4.32. The van der Waals surface area contributed by atoms with Crippen molar-refractivity contribution < 1.29 is 14.6 Å². The van der Waals surface area contributed by atoms with Gasteiger partial charge in [0.05, 0.1) is 13.7 Å². The molecular formula is C14H18N4O3. The van der Waals surface area contributed by atoms with Gasteiger partial charge in [-0.1, -0.05) is 0 Å². The number of nitrogens with zero attached hydrogens (tertiary/aromatic N) is 2. The van der Waals surface area contributed by atoms with E-state index in [2.05, 4.69) is 9.97 Å². The number of phenols is 1. The molecule has 1 aromatic heterocycles. The van der Waals surface area contributed by atoms with Crippen molar-refractivity contribution in [2.45, 2.75) is 13.3 Å². The maximum Gasteiger partial charge on any atom is 0.221 e. The van der Waals surface area contributed by atoms with Crippen molar-refractivity contribution in [2.24, 2.45) is 0 Å². The molecule has 7 heteroatoms. The third kappa shape index (κ3) is 3.25. The first kappa shape index (κ1) is 14.7. The summed E-state index contributed by atoms with van der Waals surface area (Å²) in [7, 11) is 1.52. The molecule has 0 aliphatic heterocycles. The van der Waals surface area contributed by atoms with Gasteiger partial charge in [-0.3, -0.25) is 0 Å². The Bertz CT molecular complexity index is 646. The predicted octanol–water partition coefficient (Wildman–Crippen LogP) is 1.34. The van der Waals surface area contributed by atoms with Crippen LogP contribution in [0.2, 0.25) is 0 Å². The van der Waals surface area contributed by atoms with Crippen molar-refractivity contribution >= 4 is 11.8 Å². The van der Waals surface area contributed by atoms with Gasteiger partial charge in [0.1, 0.15) is 5.82 Å². The van der Waals surface area contributed by atoms with Crippen LogP contribution >= 0.6 is 0 Å². The van der Waals surface area contributed by atoms with Crippen LogP contribution in [0.1, 0.15) is 18.1 Å². The first-order chi connectivity index (χ1) is 10.0. The number of hydrogen-bond acceptors (Lipinski definition) is 7. The topological polar surface area (TPSA) is 117 Å². The maximum atomic E-state index is 10.0. The highest BCUT2D eigenvalue weighted by Crippen LogP contribution is 2.38. The molecule has 0 amide bonds. The normalized spacial score (nSPS) is 10.4. The number of aromatic hydroxyl groups is 1. The Morgan fingerprint density at radius 1 is 1.29 bits per heavy atom. The molecule has 5 N–H and O–H groups in total. The van der Waals surface area contributed by atoms with Gasteiger partial charge in [-0.15, -0.1) is 0 Å². The predicted molar refractivity (Wildman–Crippen MR) is 79.5 cm³/mol. The third-order valence-electron chi connectivity index (χ3n) is 2.91.